The Labute approximate surface area is 95.5 Å². The Morgan fingerprint density at radius 1 is 1.56 bits per heavy atom. The lowest BCUT2D eigenvalue weighted by Gasteiger charge is -2.31. The van der Waals surface area contributed by atoms with Gasteiger partial charge in [0, 0.05) is 19.3 Å². The van der Waals surface area contributed by atoms with Crippen LogP contribution in [0.2, 0.25) is 0 Å². The predicted molar refractivity (Wildman–Crippen MR) is 62.0 cm³/mol. The highest BCUT2D eigenvalue weighted by Crippen LogP contribution is 2.22. The Morgan fingerprint density at radius 3 is 2.75 bits per heavy atom. The molecule has 1 saturated heterocycles. The normalized spacial score (nSPS) is 17.4. The standard InChI is InChI=1S/C12H17N3O/c1-3-12(16)14-6-4-11(5-7-14)15-9-10(2)8-13-15/h3,8-9,11H,1,4-7H2,2H3. The number of aryl methyl sites for hydroxylation is 1. The largest absolute Gasteiger partial charge is 0.339 e. The van der Waals surface area contributed by atoms with Crippen molar-refractivity contribution in [1.29, 1.82) is 0 Å². The van der Waals surface area contributed by atoms with Crippen molar-refractivity contribution in [3.63, 3.8) is 0 Å². The first-order valence-electron chi connectivity index (χ1n) is 5.63. The van der Waals surface area contributed by atoms with Gasteiger partial charge < -0.3 is 4.90 Å². The molecule has 0 aromatic carbocycles. The Morgan fingerprint density at radius 2 is 2.25 bits per heavy atom. The minimum absolute atomic E-state index is 0.0371. The molecule has 86 valence electrons. The monoisotopic (exact) mass is 219 g/mol. The highest BCUT2D eigenvalue weighted by atomic mass is 16.2. The van der Waals surface area contributed by atoms with Crippen molar-refractivity contribution in [2.24, 2.45) is 0 Å². The maximum atomic E-state index is 11.4. The highest BCUT2D eigenvalue weighted by Gasteiger charge is 2.22. The fraction of sp³-hybridized carbons (Fsp3) is 0.500. The fourth-order valence-electron chi connectivity index (χ4n) is 2.11. The van der Waals surface area contributed by atoms with E-state index in [0.717, 1.165) is 25.9 Å². The van der Waals surface area contributed by atoms with Crippen molar-refractivity contribution < 1.29 is 4.79 Å². The van der Waals surface area contributed by atoms with E-state index in [1.54, 1.807) is 0 Å². The zero-order chi connectivity index (χ0) is 11.5. The number of nitrogens with zero attached hydrogens (tertiary/aromatic N) is 3. The lowest BCUT2D eigenvalue weighted by Crippen LogP contribution is -2.38. The van der Waals surface area contributed by atoms with Gasteiger partial charge in [0.2, 0.25) is 5.91 Å². The third kappa shape index (κ3) is 2.15. The summed E-state index contributed by atoms with van der Waals surface area (Å²) in [6.45, 7) is 7.15. The van der Waals surface area contributed by atoms with Gasteiger partial charge in [0.15, 0.2) is 0 Å². The number of likely N-dealkylation sites (tertiary alicyclic amines) is 1. The molecule has 2 heterocycles. The molecule has 4 nitrogen and oxygen atoms in total. The Hall–Kier alpha value is -1.58. The minimum atomic E-state index is 0.0371. The van der Waals surface area contributed by atoms with Crippen molar-refractivity contribution in [2.75, 3.05) is 13.1 Å². The highest BCUT2D eigenvalue weighted by molar-refractivity contribution is 5.87. The Bertz CT molecular complexity index is 389. The average molecular weight is 219 g/mol. The van der Waals surface area contributed by atoms with Gasteiger partial charge in [-0.15, -0.1) is 0 Å². The molecule has 1 fully saturated rings. The zero-order valence-electron chi connectivity index (χ0n) is 9.59. The van der Waals surface area contributed by atoms with Crippen LogP contribution in [0.15, 0.2) is 25.0 Å². The van der Waals surface area contributed by atoms with E-state index < -0.39 is 0 Å². The van der Waals surface area contributed by atoms with Crippen molar-refractivity contribution in [3.05, 3.63) is 30.6 Å². The summed E-state index contributed by atoms with van der Waals surface area (Å²) < 4.78 is 2.02. The van der Waals surface area contributed by atoms with Crippen LogP contribution in [-0.4, -0.2) is 33.7 Å². The van der Waals surface area contributed by atoms with Gasteiger partial charge in [0.05, 0.1) is 12.2 Å². The quantitative estimate of drug-likeness (QED) is 0.708. The van der Waals surface area contributed by atoms with Crippen LogP contribution in [0.1, 0.15) is 24.4 Å². The molecular weight excluding hydrogens is 202 g/mol. The first-order chi connectivity index (χ1) is 7.70. The number of aromatic nitrogens is 2. The van der Waals surface area contributed by atoms with Crippen molar-refractivity contribution in [1.82, 2.24) is 14.7 Å². The van der Waals surface area contributed by atoms with E-state index in [0.29, 0.717) is 6.04 Å². The van der Waals surface area contributed by atoms with E-state index in [9.17, 15) is 4.79 Å². The summed E-state index contributed by atoms with van der Waals surface area (Å²) >= 11 is 0. The van der Waals surface area contributed by atoms with Gasteiger partial charge in [0.25, 0.3) is 0 Å². The molecule has 4 heteroatoms. The molecule has 0 spiro atoms. The molecule has 0 unspecified atom stereocenters. The van der Waals surface area contributed by atoms with Crippen LogP contribution in [0.25, 0.3) is 0 Å². The maximum Gasteiger partial charge on any atom is 0.245 e. The van der Waals surface area contributed by atoms with Crippen LogP contribution in [0.5, 0.6) is 0 Å². The lowest BCUT2D eigenvalue weighted by molar-refractivity contribution is -0.127. The number of amides is 1. The molecule has 2 rings (SSSR count). The first-order valence-corrected chi connectivity index (χ1v) is 5.63. The molecule has 1 amide bonds. The second kappa shape index (κ2) is 4.51. The van der Waals surface area contributed by atoms with Crippen molar-refractivity contribution in [3.8, 4) is 0 Å². The second-order valence-electron chi connectivity index (χ2n) is 4.26. The van der Waals surface area contributed by atoms with Crippen molar-refractivity contribution >= 4 is 5.91 Å². The fourth-order valence-corrected chi connectivity index (χ4v) is 2.11. The van der Waals surface area contributed by atoms with Gasteiger partial charge in [-0.25, -0.2) is 0 Å². The summed E-state index contributed by atoms with van der Waals surface area (Å²) in [7, 11) is 0. The number of carbonyl (C=O) groups is 1. The topological polar surface area (TPSA) is 38.1 Å². The van der Waals surface area contributed by atoms with E-state index in [2.05, 4.69) is 17.9 Å². The van der Waals surface area contributed by atoms with Gasteiger partial charge in [-0.3, -0.25) is 9.48 Å². The molecule has 0 bridgehead atoms. The number of piperidine rings is 1. The van der Waals surface area contributed by atoms with E-state index in [1.165, 1.54) is 11.6 Å². The Kier molecular flexibility index (Phi) is 3.08. The van der Waals surface area contributed by atoms with Gasteiger partial charge in [0.1, 0.15) is 0 Å². The number of carbonyl (C=O) groups excluding carboxylic acids is 1. The van der Waals surface area contributed by atoms with Crippen LogP contribution in [0.4, 0.5) is 0 Å². The van der Waals surface area contributed by atoms with E-state index >= 15 is 0 Å². The first kappa shape index (κ1) is 10.9. The van der Waals surface area contributed by atoms with E-state index in [-0.39, 0.29) is 5.91 Å². The van der Waals surface area contributed by atoms with Gasteiger partial charge in [-0.1, -0.05) is 6.58 Å². The molecular formula is C12H17N3O. The molecule has 0 aliphatic carbocycles. The van der Waals surface area contributed by atoms with Gasteiger partial charge in [-0.05, 0) is 31.4 Å². The minimum Gasteiger partial charge on any atom is -0.339 e. The zero-order valence-corrected chi connectivity index (χ0v) is 9.59. The molecule has 1 aromatic rings. The molecule has 1 aliphatic rings. The second-order valence-corrected chi connectivity index (χ2v) is 4.26. The van der Waals surface area contributed by atoms with E-state index in [1.807, 2.05) is 22.7 Å². The molecule has 1 aliphatic heterocycles. The smallest absolute Gasteiger partial charge is 0.245 e. The van der Waals surface area contributed by atoms with Gasteiger partial charge >= 0.3 is 0 Å². The lowest BCUT2D eigenvalue weighted by atomic mass is 10.1. The number of hydrogen-bond acceptors (Lipinski definition) is 2. The molecule has 0 saturated carbocycles. The number of hydrogen-bond donors (Lipinski definition) is 0. The summed E-state index contributed by atoms with van der Waals surface area (Å²) in [4.78, 5) is 13.2. The molecule has 0 atom stereocenters. The summed E-state index contributed by atoms with van der Waals surface area (Å²) in [5, 5.41) is 4.32. The summed E-state index contributed by atoms with van der Waals surface area (Å²) in [6, 6.07) is 0.433. The molecule has 0 radical (unpaired) electrons. The predicted octanol–water partition coefficient (Wildman–Crippen LogP) is 1.54. The van der Waals surface area contributed by atoms with Crippen LogP contribution in [0.3, 0.4) is 0 Å². The SMILES string of the molecule is C=CC(=O)N1CCC(n2cc(C)cn2)CC1. The van der Waals surface area contributed by atoms with Gasteiger partial charge in [-0.2, -0.15) is 5.10 Å². The van der Waals surface area contributed by atoms with Crippen molar-refractivity contribution in [2.45, 2.75) is 25.8 Å². The summed E-state index contributed by atoms with van der Waals surface area (Å²) in [5.74, 6) is 0.0371. The summed E-state index contributed by atoms with van der Waals surface area (Å²) in [6.07, 6.45) is 7.27. The summed E-state index contributed by atoms with van der Waals surface area (Å²) in [5.41, 5.74) is 1.18. The van der Waals surface area contributed by atoms with Crippen LogP contribution in [0, 0.1) is 6.92 Å². The van der Waals surface area contributed by atoms with Crippen LogP contribution >= 0.6 is 0 Å². The van der Waals surface area contributed by atoms with E-state index in [4.69, 9.17) is 0 Å². The van der Waals surface area contributed by atoms with Crippen LogP contribution < -0.4 is 0 Å². The molecule has 0 N–H and O–H groups in total. The average Bonchev–Trinajstić information content (AvgIpc) is 2.75. The third-order valence-corrected chi connectivity index (χ3v) is 3.06. The maximum absolute atomic E-state index is 11.4. The van der Waals surface area contributed by atoms with Crippen LogP contribution in [-0.2, 0) is 4.79 Å². The third-order valence-electron chi connectivity index (χ3n) is 3.06. The number of rotatable bonds is 2. The molecule has 16 heavy (non-hydrogen) atoms. The molecule has 1 aromatic heterocycles. The Balaban J connectivity index is 1.95.